The molecule has 10 saturated carbocycles. The lowest BCUT2D eigenvalue weighted by Gasteiger charge is -2.42. The summed E-state index contributed by atoms with van der Waals surface area (Å²) >= 11 is 0. The quantitative estimate of drug-likeness (QED) is 0.227. The molecule has 0 amide bonds. The van der Waals surface area contributed by atoms with Gasteiger partial charge in [-0.1, -0.05) is 261 Å². The largest absolute Gasteiger partial charge is 0.248 e. The Morgan fingerprint density at radius 1 is 0.278 bits per heavy atom. The Hall–Kier alpha value is -0.140. The lowest BCUT2D eigenvalue weighted by Crippen LogP contribution is -2.33. The molecule has 10 aliphatic carbocycles. The van der Waals surface area contributed by atoms with Gasteiger partial charge in [0.25, 0.3) is 0 Å². The first-order valence-corrected chi connectivity index (χ1v) is 32.6. The second kappa shape index (κ2) is 31.5. The Bertz CT molecular complexity index is 1270. The average Bonchev–Trinajstić information content (AvgIpc) is 4.15. The molecule has 0 aliphatic heterocycles. The number of hydrogen-bond donors (Lipinski definition) is 0. The van der Waals surface area contributed by atoms with Gasteiger partial charge in [0.15, 0.2) is 0 Å². The molecule has 0 N–H and O–H groups in total. The molecule has 72 heavy (non-hydrogen) atoms. The molecular formula is C70H136F2. The summed E-state index contributed by atoms with van der Waals surface area (Å²) in [7, 11) is 0. The van der Waals surface area contributed by atoms with Gasteiger partial charge in [0.1, 0.15) is 0 Å². The second-order valence-electron chi connectivity index (χ2n) is 31.8. The maximum atomic E-state index is 11.8. The average molecular weight is 1020 g/mol. The van der Waals surface area contributed by atoms with Crippen LogP contribution < -0.4 is 0 Å². The van der Waals surface area contributed by atoms with Gasteiger partial charge in [0, 0.05) is 12.8 Å². The normalized spacial score (nSPS) is 37.0. The summed E-state index contributed by atoms with van der Waals surface area (Å²) in [6.07, 6.45) is 41.7. The zero-order valence-corrected chi connectivity index (χ0v) is 53.5. The van der Waals surface area contributed by atoms with E-state index in [0.717, 1.165) is 81.8 Å². The Labute approximate surface area is 454 Å². The topological polar surface area (TPSA) is 0 Å². The number of rotatable bonds is 0. The smallest absolute Gasteiger partial charge is 0.207 e. The van der Waals surface area contributed by atoms with E-state index in [1.807, 2.05) is 6.92 Å². The predicted molar refractivity (Wildman–Crippen MR) is 320 cm³/mol. The fourth-order valence-corrected chi connectivity index (χ4v) is 14.4. The molecule has 0 aromatic rings. The van der Waals surface area contributed by atoms with Gasteiger partial charge in [-0.05, 0) is 168 Å². The van der Waals surface area contributed by atoms with Crippen LogP contribution in [0.4, 0.5) is 8.78 Å². The molecule has 2 heteroatoms. The van der Waals surface area contributed by atoms with Crippen LogP contribution in [0.2, 0.25) is 0 Å². The number of alkyl halides is 2. The second-order valence-corrected chi connectivity index (χ2v) is 31.8. The van der Waals surface area contributed by atoms with E-state index in [-0.39, 0.29) is 18.8 Å². The van der Waals surface area contributed by atoms with Crippen molar-refractivity contribution in [1.82, 2.24) is 0 Å². The third-order valence-corrected chi connectivity index (χ3v) is 23.3. The summed E-state index contributed by atoms with van der Waals surface area (Å²) in [5.74, 6) is 9.84. The van der Waals surface area contributed by atoms with E-state index in [1.54, 1.807) is 25.7 Å². The highest BCUT2D eigenvalue weighted by atomic mass is 19.3. The summed E-state index contributed by atoms with van der Waals surface area (Å²) in [6.45, 7) is 49.3. The third-order valence-electron chi connectivity index (χ3n) is 23.3. The maximum Gasteiger partial charge on any atom is 0.248 e. The van der Waals surface area contributed by atoms with Gasteiger partial charge in [-0.2, -0.15) is 0 Å². The molecule has 1 spiro atoms. The third kappa shape index (κ3) is 25.6. The van der Waals surface area contributed by atoms with Crippen LogP contribution in [0.5, 0.6) is 0 Å². The van der Waals surface area contributed by atoms with E-state index in [0.29, 0.717) is 16.2 Å². The van der Waals surface area contributed by atoms with Crippen LogP contribution in [0.15, 0.2) is 0 Å². The lowest BCUT2D eigenvalue weighted by molar-refractivity contribution is -0.104. The fraction of sp³-hybridized carbons (Fsp3) is 1.00. The first-order valence-electron chi connectivity index (χ1n) is 32.6. The van der Waals surface area contributed by atoms with Crippen LogP contribution in [-0.4, -0.2) is 5.92 Å². The molecule has 6 unspecified atom stereocenters. The van der Waals surface area contributed by atoms with Gasteiger partial charge in [-0.15, -0.1) is 0 Å². The van der Waals surface area contributed by atoms with E-state index in [2.05, 4.69) is 138 Å². The van der Waals surface area contributed by atoms with Gasteiger partial charge in [0.2, 0.25) is 5.92 Å². The molecule has 0 radical (unpaired) electrons. The highest BCUT2D eigenvalue weighted by Gasteiger charge is 2.44. The van der Waals surface area contributed by atoms with E-state index in [9.17, 15) is 8.78 Å². The van der Waals surface area contributed by atoms with Crippen LogP contribution in [-0.2, 0) is 0 Å². The molecular weight excluding hydrogens is 879 g/mol. The zero-order valence-electron chi connectivity index (χ0n) is 53.5. The van der Waals surface area contributed by atoms with Crippen molar-refractivity contribution in [3.05, 3.63) is 0 Å². The number of hydrogen-bond acceptors (Lipinski definition) is 0. The lowest BCUT2D eigenvalue weighted by atomic mass is 9.63. The Morgan fingerprint density at radius 2 is 0.583 bits per heavy atom. The van der Waals surface area contributed by atoms with Gasteiger partial charge in [-0.3, -0.25) is 0 Å². The van der Waals surface area contributed by atoms with Crippen molar-refractivity contribution in [1.29, 1.82) is 0 Å². The molecule has 0 aromatic heterocycles. The van der Waals surface area contributed by atoms with Crippen molar-refractivity contribution in [3.8, 4) is 0 Å². The first-order chi connectivity index (χ1) is 33.2. The van der Waals surface area contributed by atoms with E-state index >= 15 is 0 Å². The fourth-order valence-electron chi connectivity index (χ4n) is 14.4. The van der Waals surface area contributed by atoms with Crippen molar-refractivity contribution in [2.75, 3.05) is 0 Å². The standard InChI is InChI=1S/C12H22.C10H20.2C8H16.3C7H14.C6H12.C5H8F2/c1-11-5-9-12(10-6-11)7-3-2-4-8-12;1-8-9(2,3)6-7-10(8,4)5;2*1-6-4-5-7(2)8(6)3;1-7(2)5-3-4-6-7;2*1-6-4-3-5-7(6)2;1-6(2)4-3-5-6;1-4-2-5(6,7)3-4/h11H,2-10H2,1H3;8H,6-7H2,1-5H3;2*6-8H,4-5H2,1-3H3;3-6H2,1-2H3;2*6-7H,3-5H2,1-2H3;3-5H2,1-2H3;4H,2-3H2,1H3/t;;;;;2*6-,7?;;/m.....11../s1. The monoisotopic (exact) mass is 1020 g/mol. The van der Waals surface area contributed by atoms with Crippen molar-refractivity contribution in [2.24, 2.45) is 104 Å². The van der Waals surface area contributed by atoms with Crippen LogP contribution in [0.3, 0.4) is 0 Å². The molecule has 0 heterocycles. The number of halogens is 2. The summed E-state index contributed by atoms with van der Waals surface area (Å²) in [4.78, 5) is 0. The van der Waals surface area contributed by atoms with Gasteiger partial charge in [0.05, 0.1) is 0 Å². The van der Waals surface area contributed by atoms with Crippen LogP contribution in [0, 0.1) is 104 Å². The van der Waals surface area contributed by atoms with Gasteiger partial charge < -0.3 is 0 Å². The van der Waals surface area contributed by atoms with Crippen LogP contribution >= 0.6 is 0 Å². The van der Waals surface area contributed by atoms with Crippen molar-refractivity contribution in [2.45, 2.75) is 344 Å². The zero-order chi connectivity index (χ0) is 54.7. The van der Waals surface area contributed by atoms with Crippen molar-refractivity contribution in [3.63, 3.8) is 0 Å². The minimum absolute atomic E-state index is 0.104. The summed E-state index contributed by atoms with van der Waals surface area (Å²) in [6, 6.07) is 0. The summed E-state index contributed by atoms with van der Waals surface area (Å²) < 4.78 is 23.6. The summed E-state index contributed by atoms with van der Waals surface area (Å²) in [5, 5.41) is 0. The van der Waals surface area contributed by atoms with Gasteiger partial charge in [-0.25, -0.2) is 8.78 Å². The van der Waals surface area contributed by atoms with Crippen LogP contribution in [0.25, 0.3) is 0 Å². The van der Waals surface area contributed by atoms with E-state index in [1.165, 1.54) is 154 Å². The van der Waals surface area contributed by atoms with E-state index < -0.39 is 5.92 Å². The van der Waals surface area contributed by atoms with Crippen molar-refractivity contribution >= 4 is 0 Å². The van der Waals surface area contributed by atoms with Crippen molar-refractivity contribution < 1.29 is 8.78 Å². The molecule has 10 aliphatic rings. The minimum Gasteiger partial charge on any atom is -0.207 e. The Balaban J connectivity index is 0.000000280. The summed E-state index contributed by atoms with van der Waals surface area (Å²) in [5.41, 5.74) is 3.43. The molecule has 0 nitrogen and oxygen atoms in total. The molecule has 0 bridgehead atoms. The molecule has 10 rings (SSSR count). The van der Waals surface area contributed by atoms with Crippen LogP contribution in [0.1, 0.15) is 338 Å². The Kier molecular flexibility index (Phi) is 29.7. The SMILES string of the molecule is CC1(C)CCC1.CC1(C)CCCC1.CC1C(C)(C)CCC1(C)C.CC1CC(F)(F)C1.CC1CCC(C)C1C.CC1CCC(C)C1C.CC1CCC2(CCCCC2)CC1.CC1CCC[C@H]1C.CC1CCC[C@H]1C. The predicted octanol–water partition coefficient (Wildman–Crippen LogP) is 24.7. The highest BCUT2D eigenvalue weighted by Crippen LogP contribution is 2.53. The maximum absolute atomic E-state index is 11.8. The molecule has 10 fully saturated rings. The van der Waals surface area contributed by atoms with Gasteiger partial charge >= 0.3 is 0 Å². The van der Waals surface area contributed by atoms with E-state index in [4.69, 9.17) is 0 Å². The first kappa shape index (κ1) is 68.0. The molecule has 0 aromatic carbocycles. The minimum atomic E-state index is -2.31. The molecule has 0 saturated heterocycles. The molecule has 8 atom stereocenters. The molecule has 430 valence electrons. The Morgan fingerprint density at radius 3 is 0.736 bits per heavy atom. The highest BCUT2D eigenvalue weighted by molar-refractivity contribution is 4.93.